The number of aromatic amines is 2. The van der Waals surface area contributed by atoms with E-state index in [0.717, 1.165) is 12.8 Å². The third-order valence-corrected chi connectivity index (χ3v) is 6.35. The fraction of sp³-hybridized carbons (Fsp3) is 0.130. The molecule has 0 aliphatic heterocycles. The van der Waals surface area contributed by atoms with E-state index in [0.29, 0.717) is 28.8 Å². The molecular weight excluding hydrogens is 428 g/mol. The number of hydrogen-bond donors (Lipinski definition) is 4. The molecule has 4 aromatic rings. The van der Waals surface area contributed by atoms with Gasteiger partial charge in [-0.25, -0.2) is 13.2 Å². The molecule has 0 radical (unpaired) electrons. The molecule has 0 saturated carbocycles. The monoisotopic (exact) mass is 450 g/mol. The van der Waals surface area contributed by atoms with Gasteiger partial charge in [-0.15, -0.1) is 0 Å². The summed E-state index contributed by atoms with van der Waals surface area (Å²) in [5.41, 5.74) is 2.51. The largest absolute Gasteiger partial charge is 0.352 e. The molecule has 0 fully saturated rings. The Hall–Kier alpha value is -3.85. The van der Waals surface area contributed by atoms with E-state index in [-0.39, 0.29) is 10.8 Å². The number of fused-ring (bicyclic) bond motifs is 1. The van der Waals surface area contributed by atoms with Gasteiger partial charge in [-0.05, 0) is 60.9 Å². The van der Waals surface area contributed by atoms with Crippen LogP contribution in [0.5, 0.6) is 0 Å². The number of aromatic nitrogens is 2. The minimum atomic E-state index is -3.86. The van der Waals surface area contributed by atoms with Crippen molar-refractivity contribution >= 4 is 32.7 Å². The number of nitrogens with one attached hydrogen (secondary N) is 4. The number of aryl methyl sites for hydroxylation is 1. The molecular formula is C23H22N4O4S. The number of sulfonamides is 1. The van der Waals surface area contributed by atoms with E-state index in [9.17, 15) is 18.0 Å². The summed E-state index contributed by atoms with van der Waals surface area (Å²) in [6.07, 6.45) is 1.70. The smallest absolute Gasteiger partial charge is 0.323 e. The van der Waals surface area contributed by atoms with E-state index in [1.807, 2.05) is 18.2 Å². The number of benzene rings is 3. The van der Waals surface area contributed by atoms with Crippen LogP contribution in [0.4, 0.5) is 5.69 Å². The van der Waals surface area contributed by atoms with Crippen molar-refractivity contribution in [3.05, 3.63) is 94.4 Å². The van der Waals surface area contributed by atoms with Gasteiger partial charge in [-0.1, -0.05) is 30.3 Å². The lowest BCUT2D eigenvalue weighted by Gasteiger charge is -2.09. The van der Waals surface area contributed by atoms with Crippen LogP contribution in [0.1, 0.15) is 22.3 Å². The summed E-state index contributed by atoms with van der Waals surface area (Å²) in [5, 5.41) is 2.87. The highest BCUT2D eigenvalue weighted by Crippen LogP contribution is 2.19. The highest BCUT2D eigenvalue weighted by atomic mass is 32.2. The van der Waals surface area contributed by atoms with Crippen LogP contribution < -0.4 is 15.7 Å². The van der Waals surface area contributed by atoms with Crippen LogP contribution >= 0.6 is 0 Å². The molecule has 32 heavy (non-hydrogen) atoms. The second-order valence-corrected chi connectivity index (χ2v) is 9.00. The summed E-state index contributed by atoms with van der Waals surface area (Å²) in [6.45, 7) is 0.547. The first-order valence-corrected chi connectivity index (χ1v) is 11.6. The van der Waals surface area contributed by atoms with E-state index in [1.54, 1.807) is 12.1 Å². The van der Waals surface area contributed by atoms with Crippen molar-refractivity contribution in [3.63, 3.8) is 0 Å². The van der Waals surface area contributed by atoms with Crippen LogP contribution in [-0.4, -0.2) is 30.8 Å². The van der Waals surface area contributed by atoms with Gasteiger partial charge in [-0.3, -0.25) is 9.52 Å². The Morgan fingerprint density at radius 2 is 1.59 bits per heavy atom. The van der Waals surface area contributed by atoms with Gasteiger partial charge in [0.2, 0.25) is 0 Å². The van der Waals surface area contributed by atoms with E-state index in [1.165, 1.54) is 35.9 Å². The highest BCUT2D eigenvalue weighted by molar-refractivity contribution is 7.92. The van der Waals surface area contributed by atoms with Crippen LogP contribution in [0.15, 0.2) is 82.5 Å². The third-order valence-electron chi connectivity index (χ3n) is 4.97. The Kier molecular flexibility index (Phi) is 6.09. The topological polar surface area (TPSA) is 124 Å². The Morgan fingerprint density at radius 1 is 0.875 bits per heavy atom. The summed E-state index contributed by atoms with van der Waals surface area (Å²) in [7, 11) is -3.86. The van der Waals surface area contributed by atoms with Gasteiger partial charge in [0.1, 0.15) is 0 Å². The second-order valence-electron chi connectivity index (χ2n) is 7.31. The van der Waals surface area contributed by atoms with Crippen LogP contribution in [-0.2, 0) is 16.4 Å². The van der Waals surface area contributed by atoms with Crippen molar-refractivity contribution in [2.24, 2.45) is 0 Å². The zero-order valence-corrected chi connectivity index (χ0v) is 17.9. The number of carbonyl (C=O) groups is 1. The van der Waals surface area contributed by atoms with Gasteiger partial charge in [0, 0.05) is 17.8 Å². The summed E-state index contributed by atoms with van der Waals surface area (Å²) in [5.74, 6) is -0.214. The molecule has 4 rings (SSSR count). The van der Waals surface area contributed by atoms with Gasteiger partial charge < -0.3 is 15.3 Å². The summed E-state index contributed by atoms with van der Waals surface area (Å²) in [6, 6.07) is 20.6. The maximum atomic E-state index is 12.7. The molecule has 0 saturated heterocycles. The van der Waals surface area contributed by atoms with Crippen molar-refractivity contribution in [1.82, 2.24) is 15.3 Å². The minimum Gasteiger partial charge on any atom is -0.352 e. The lowest BCUT2D eigenvalue weighted by molar-refractivity contribution is 0.0953. The SMILES string of the molecule is O=C(NCCCc1ccccc1)c1ccc(NS(=O)(=O)c2ccc3[nH]c(=O)[nH]c3c2)cc1. The van der Waals surface area contributed by atoms with Gasteiger partial charge in [0.15, 0.2) is 0 Å². The molecule has 1 aromatic heterocycles. The lowest BCUT2D eigenvalue weighted by atomic mass is 10.1. The van der Waals surface area contributed by atoms with Gasteiger partial charge in [-0.2, -0.15) is 0 Å². The number of H-pyrrole nitrogens is 2. The van der Waals surface area contributed by atoms with Crippen molar-refractivity contribution in [2.45, 2.75) is 17.7 Å². The Morgan fingerprint density at radius 3 is 2.34 bits per heavy atom. The van der Waals surface area contributed by atoms with Crippen LogP contribution in [0, 0.1) is 0 Å². The van der Waals surface area contributed by atoms with E-state index in [2.05, 4.69) is 32.1 Å². The second kappa shape index (κ2) is 9.11. The molecule has 8 nitrogen and oxygen atoms in total. The number of rotatable bonds is 8. The first-order chi connectivity index (χ1) is 15.4. The quantitative estimate of drug-likeness (QED) is 0.308. The molecule has 3 aromatic carbocycles. The van der Waals surface area contributed by atoms with E-state index >= 15 is 0 Å². The standard InChI is InChI=1S/C23H22N4O4S/c28-22(24-14-4-7-16-5-2-1-3-6-16)17-8-10-18(11-9-17)27-32(30,31)19-12-13-20-21(15-19)26-23(29)25-20/h1-3,5-6,8-13,15,27H,4,7,14H2,(H,24,28)(H2,25,26,29). The number of amides is 1. The fourth-order valence-electron chi connectivity index (χ4n) is 3.32. The van der Waals surface area contributed by atoms with E-state index < -0.39 is 15.7 Å². The van der Waals surface area contributed by atoms with Crippen molar-refractivity contribution in [3.8, 4) is 0 Å². The molecule has 0 atom stereocenters. The normalized spacial score (nSPS) is 11.4. The summed E-state index contributed by atoms with van der Waals surface area (Å²) >= 11 is 0. The molecule has 4 N–H and O–H groups in total. The predicted molar refractivity (Wildman–Crippen MR) is 123 cm³/mol. The number of imidazole rings is 1. The predicted octanol–water partition coefficient (Wildman–Crippen LogP) is 3.02. The molecule has 0 aliphatic carbocycles. The minimum absolute atomic E-state index is 0.0143. The average Bonchev–Trinajstić information content (AvgIpc) is 3.17. The molecule has 0 spiro atoms. The first-order valence-electron chi connectivity index (χ1n) is 10.1. The zero-order chi connectivity index (χ0) is 22.6. The summed E-state index contributed by atoms with van der Waals surface area (Å²) in [4.78, 5) is 28.8. The van der Waals surface area contributed by atoms with E-state index in [4.69, 9.17) is 0 Å². The molecule has 0 bridgehead atoms. The summed E-state index contributed by atoms with van der Waals surface area (Å²) < 4.78 is 27.8. The lowest BCUT2D eigenvalue weighted by Crippen LogP contribution is -2.24. The average molecular weight is 451 g/mol. The Bertz CT molecular complexity index is 1390. The number of hydrogen-bond acceptors (Lipinski definition) is 4. The van der Waals surface area contributed by atoms with Gasteiger partial charge in [0.25, 0.3) is 15.9 Å². The molecule has 1 heterocycles. The Labute approximate surface area is 184 Å². The number of anilines is 1. The van der Waals surface area contributed by atoms with Crippen molar-refractivity contribution < 1.29 is 13.2 Å². The van der Waals surface area contributed by atoms with Crippen LogP contribution in [0.2, 0.25) is 0 Å². The first kappa shape index (κ1) is 21.4. The zero-order valence-electron chi connectivity index (χ0n) is 17.1. The molecule has 1 amide bonds. The maximum Gasteiger partial charge on any atom is 0.323 e. The van der Waals surface area contributed by atoms with Gasteiger partial charge >= 0.3 is 5.69 Å². The Balaban J connectivity index is 1.35. The van der Waals surface area contributed by atoms with Crippen LogP contribution in [0.25, 0.3) is 11.0 Å². The third kappa shape index (κ3) is 5.06. The van der Waals surface area contributed by atoms with Crippen LogP contribution in [0.3, 0.4) is 0 Å². The number of carbonyl (C=O) groups excluding carboxylic acids is 1. The molecule has 0 unspecified atom stereocenters. The molecule has 9 heteroatoms. The van der Waals surface area contributed by atoms with Gasteiger partial charge in [0.05, 0.1) is 15.9 Å². The molecule has 0 aliphatic rings. The fourth-order valence-corrected chi connectivity index (χ4v) is 4.41. The molecule has 164 valence electrons. The van der Waals surface area contributed by atoms with Crippen molar-refractivity contribution in [1.29, 1.82) is 0 Å². The van der Waals surface area contributed by atoms with Crippen molar-refractivity contribution in [2.75, 3.05) is 11.3 Å². The highest BCUT2D eigenvalue weighted by Gasteiger charge is 2.16. The maximum absolute atomic E-state index is 12.7.